The zero-order valence-electron chi connectivity index (χ0n) is 23.3. The molecule has 41 heavy (non-hydrogen) atoms. The first-order valence-electron chi connectivity index (χ1n) is 13.5. The summed E-state index contributed by atoms with van der Waals surface area (Å²) in [6.45, 7) is 1.60. The molecule has 9 nitrogen and oxygen atoms in total. The third-order valence-electron chi connectivity index (χ3n) is 6.49. The predicted octanol–water partition coefficient (Wildman–Crippen LogP) is 4.22. The van der Waals surface area contributed by atoms with Crippen LogP contribution in [0.1, 0.15) is 23.6 Å². The molecular formula is C32H36O9. The van der Waals surface area contributed by atoms with E-state index in [2.05, 4.69) is 0 Å². The Labute approximate surface area is 240 Å². The molecule has 0 bridgehead atoms. The maximum Gasteiger partial charge on any atom is 0.331 e. The van der Waals surface area contributed by atoms with Crippen molar-refractivity contribution in [2.75, 3.05) is 20.3 Å². The van der Waals surface area contributed by atoms with Crippen LogP contribution in [0.5, 0.6) is 0 Å². The monoisotopic (exact) mass is 564 g/mol. The van der Waals surface area contributed by atoms with Gasteiger partial charge in [-0.3, -0.25) is 4.79 Å². The summed E-state index contributed by atoms with van der Waals surface area (Å²) >= 11 is 0. The van der Waals surface area contributed by atoms with Crippen LogP contribution < -0.4 is 0 Å². The number of hydrogen-bond acceptors (Lipinski definition) is 9. The van der Waals surface area contributed by atoms with Crippen LogP contribution in [0.4, 0.5) is 0 Å². The van der Waals surface area contributed by atoms with Crippen LogP contribution in [0.3, 0.4) is 0 Å². The first-order valence-corrected chi connectivity index (χ1v) is 13.5. The number of benzene rings is 3. The van der Waals surface area contributed by atoms with Crippen molar-refractivity contribution in [2.24, 2.45) is 0 Å². The minimum Gasteiger partial charge on any atom is -0.467 e. The highest BCUT2D eigenvalue weighted by Crippen LogP contribution is 2.31. The highest BCUT2D eigenvalue weighted by Gasteiger charge is 2.49. The molecule has 0 radical (unpaired) electrons. The molecule has 1 saturated heterocycles. The van der Waals surface area contributed by atoms with Crippen molar-refractivity contribution in [3.63, 3.8) is 0 Å². The summed E-state index contributed by atoms with van der Waals surface area (Å²) in [5.74, 6) is -1.04. The molecule has 4 rings (SSSR count). The first kappa shape index (κ1) is 30.4. The highest BCUT2D eigenvalue weighted by molar-refractivity contribution is 5.70. The Morgan fingerprint density at radius 1 is 0.659 bits per heavy atom. The lowest BCUT2D eigenvalue weighted by molar-refractivity contribution is -0.326. The van der Waals surface area contributed by atoms with Gasteiger partial charge in [-0.15, -0.1) is 0 Å². The van der Waals surface area contributed by atoms with Gasteiger partial charge in [-0.05, 0) is 16.7 Å². The van der Waals surface area contributed by atoms with E-state index in [0.29, 0.717) is 0 Å². The number of hydrogen-bond donors (Lipinski definition) is 0. The summed E-state index contributed by atoms with van der Waals surface area (Å²) in [6.07, 6.45) is -4.06. The Morgan fingerprint density at radius 3 is 1.59 bits per heavy atom. The predicted molar refractivity (Wildman–Crippen MR) is 148 cm³/mol. The Hall–Kier alpha value is -3.60. The Balaban J connectivity index is 1.65. The molecule has 0 N–H and O–H groups in total. The second-order valence-corrected chi connectivity index (χ2v) is 9.52. The second-order valence-electron chi connectivity index (χ2n) is 9.52. The molecule has 0 aliphatic carbocycles. The van der Waals surface area contributed by atoms with Gasteiger partial charge in [0.15, 0.2) is 6.29 Å². The quantitative estimate of drug-likeness (QED) is 0.267. The fraction of sp³-hybridized carbons (Fsp3) is 0.375. The van der Waals surface area contributed by atoms with Gasteiger partial charge in [-0.1, -0.05) is 91.0 Å². The molecule has 0 spiro atoms. The molecule has 5 atom stereocenters. The Kier molecular flexibility index (Phi) is 11.8. The topological polar surface area (TPSA) is 98.8 Å². The number of esters is 2. The van der Waals surface area contributed by atoms with Gasteiger partial charge in [0.1, 0.15) is 37.6 Å². The van der Waals surface area contributed by atoms with Crippen LogP contribution >= 0.6 is 0 Å². The van der Waals surface area contributed by atoms with Crippen LogP contribution in [-0.2, 0) is 62.6 Å². The van der Waals surface area contributed by atoms with Gasteiger partial charge in [0, 0.05) is 6.92 Å². The van der Waals surface area contributed by atoms with Crippen LogP contribution in [-0.4, -0.2) is 63.0 Å². The molecule has 0 amide bonds. The summed E-state index contributed by atoms with van der Waals surface area (Å²) in [6, 6.07) is 29.1. The molecule has 9 heteroatoms. The van der Waals surface area contributed by atoms with Crippen molar-refractivity contribution in [1.29, 1.82) is 0 Å². The van der Waals surface area contributed by atoms with E-state index in [1.807, 2.05) is 91.0 Å². The average Bonchev–Trinajstić information content (AvgIpc) is 3.01. The minimum atomic E-state index is -1.05. The molecular weight excluding hydrogens is 528 g/mol. The van der Waals surface area contributed by atoms with Gasteiger partial charge in [0.25, 0.3) is 0 Å². The lowest BCUT2D eigenvalue weighted by Crippen LogP contribution is -2.62. The van der Waals surface area contributed by atoms with Crippen LogP contribution in [0.2, 0.25) is 0 Å². The summed E-state index contributed by atoms with van der Waals surface area (Å²) < 4.78 is 41.6. The van der Waals surface area contributed by atoms with Crippen molar-refractivity contribution in [3.05, 3.63) is 108 Å². The zero-order valence-corrected chi connectivity index (χ0v) is 23.3. The van der Waals surface area contributed by atoms with Crippen molar-refractivity contribution < 1.29 is 42.7 Å². The SMILES string of the molecule is COC(=O)CO[C@@H]1OC(COC(C)=O)[C@H](OCc2ccccc2)[C@H](OCc2ccccc2)C1OCc1ccccc1. The van der Waals surface area contributed by atoms with E-state index < -0.39 is 42.6 Å². The minimum absolute atomic E-state index is 0.108. The normalized spacial score (nSPS) is 22.1. The Morgan fingerprint density at radius 2 is 1.12 bits per heavy atom. The lowest BCUT2D eigenvalue weighted by atomic mass is 9.97. The van der Waals surface area contributed by atoms with Gasteiger partial charge in [-0.2, -0.15) is 0 Å². The van der Waals surface area contributed by atoms with Crippen LogP contribution in [0.25, 0.3) is 0 Å². The van der Waals surface area contributed by atoms with Gasteiger partial charge in [0.05, 0.1) is 26.9 Å². The molecule has 1 aliphatic heterocycles. The fourth-order valence-corrected chi connectivity index (χ4v) is 4.42. The lowest BCUT2D eigenvalue weighted by Gasteiger charge is -2.45. The number of methoxy groups -OCH3 is 1. The molecule has 1 aliphatic rings. The summed E-state index contributed by atoms with van der Waals surface area (Å²) in [4.78, 5) is 23.7. The number of carbonyl (C=O) groups is 2. The summed E-state index contributed by atoms with van der Waals surface area (Å²) in [7, 11) is 1.28. The van der Waals surface area contributed by atoms with E-state index in [1.54, 1.807) is 0 Å². The number of carbonyl (C=O) groups excluding carboxylic acids is 2. The zero-order chi connectivity index (χ0) is 28.9. The van der Waals surface area contributed by atoms with Crippen molar-refractivity contribution in [2.45, 2.75) is 57.5 Å². The molecule has 3 aromatic carbocycles. The average molecular weight is 565 g/mol. The molecule has 0 saturated carbocycles. The maximum absolute atomic E-state index is 12.0. The van der Waals surface area contributed by atoms with Crippen molar-refractivity contribution in [3.8, 4) is 0 Å². The van der Waals surface area contributed by atoms with E-state index in [-0.39, 0.29) is 33.0 Å². The molecule has 0 aromatic heterocycles. The van der Waals surface area contributed by atoms with Gasteiger partial charge < -0.3 is 33.2 Å². The fourth-order valence-electron chi connectivity index (χ4n) is 4.42. The maximum atomic E-state index is 12.0. The van der Waals surface area contributed by atoms with Crippen molar-refractivity contribution >= 4 is 11.9 Å². The largest absolute Gasteiger partial charge is 0.467 e. The summed E-state index contributed by atoms with van der Waals surface area (Å²) in [5.41, 5.74) is 2.84. The smallest absolute Gasteiger partial charge is 0.331 e. The molecule has 218 valence electrons. The van der Waals surface area contributed by atoms with E-state index >= 15 is 0 Å². The van der Waals surface area contributed by atoms with Gasteiger partial charge in [-0.25, -0.2) is 4.79 Å². The van der Waals surface area contributed by atoms with Gasteiger partial charge in [0.2, 0.25) is 0 Å². The van der Waals surface area contributed by atoms with E-state index in [0.717, 1.165) is 16.7 Å². The number of ether oxygens (including phenoxy) is 7. The standard InChI is InChI=1S/C32H36O9/c1-23(33)36-21-27-29(37-18-24-12-6-3-7-13-24)30(38-19-25-14-8-4-9-15-25)31(32(41-27)40-22-28(34)35-2)39-20-26-16-10-5-11-17-26/h3-17,27,29-32H,18-22H2,1-2H3/t27?,29-,30-,31?,32+/m0/s1. The van der Waals surface area contributed by atoms with Crippen LogP contribution in [0, 0.1) is 0 Å². The Bertz CT molecular complexity index is 1190. The van der Waals surface area contributed by atoms with E-state index in [1.165, 1.54) is 14.0 Å². The first-order chi connectivity index (χ1) is 20.0. The van der Waals surface area contributed by atoms with E-state index in [4.69, 9.17) is 33.2 Å². The molecule has 3 aromatic rings. The summed E-state index contributed by atoms with van der Waals surface area (Å²) in [5, 5.41) is 0. The second kappa shape index (κ2) is 16.0. The highest BCUT2D eigenvalue weighted by atomic mass is 16.7. The number of rotatable bonds is 14. The van der Waals surface area contributed by atoms with Gasteiger partial charge >= 0.3 is 11.9 Å². The molecule has 1 fully saturated rings. The van der Waals surface area contributed by atoms with Crippen LogP contribution in [0.15, 0.2) is 91.0 Å². The molecule has 2 unspecified atom stereocenters. The van der Waals surface area contributed by atoms with E-state index in [9.17, 15) is 9.59 Å². The van der Waals surface area contributed by atoms with Crippen molar-refractivity contribution in [1.82, 2.24) is 0 Å². The third-order valence-corrected chi connectivity index (χ3v) is 6.49. The molecule has 1 heterocycles. The third kappa shape index (κ3) is 9.48.